The fraction of sp³-hybridized carbons (Fsp3) is 0.417. The van der Waals surface area contributed by atoms with Gasteiger partial charge in [-0.1, -0.05) is 6.92 Å². The van der Waals surface area contributed by atoms with Gasteiger partial charge in [-0.05, 0) is 69.2 Å². The molecule has 1 atom stereocenters. The topological polar surface area (TPSA) is 95.6 Å². The van der Waals surface area contributed by atoms with Crippen molar-refractivity contribution in [1.29, 1.82) is 0 Å². The molecule has 0 saturated heterocycles. The third kappa shape index (κ3) is 5.89. The smallest absolute Gasteiger partial charge is 0.237 e. The maximum atomic E-state index is 12.8. The second kappa shape index (κ2) is 10.6. The van der Waals surface area contributed by atoms with E-state index >= 15 is 0 Å². The van der Waals surface area contributed by atoms with Gasteiger partial charge in [0.2, 0.25) is 11.8 Å². The lowest BCUT2D eigenvalue weighted by Gasteiger charge is -2.23. The Morgan fingerprint density at radius 2 is 1.85 bits per heavy atom. The largest absolute Gasteiger partial charge is 0.372 e. The summed E-state index contributed by atoms with van der Waals surface area (Å²) in [6.45, 7) is 9.82. The number of carbonyl (C=O) groups is 2. The normalized spacial score (nSPS) is 15.5. The van der Waals surface area contributed by atoms with E-state index in [0.717, 1.165) is 29.2 Å². The highest BCUT2D eigenvalue weighted by Gasteiger charge is 2.27. The van der Waals surface area contributed by atoms with Crippen LogP contribution in [0.15, 0.2) is 46.2 Å². The van der Waals surface area contributed by atoms with Gasteiger partial charge in [0.1, 0.15) is 0 Å². The zero-order valence-corrected chi connectivity index (χ0v) is 21.1. The van der Waals surface area contributed by atoms with E-state index in [0.29, 0.717) is 17.8 Å². The highest BCUT2D eigenvalue weighted by molar-refractivity contribution is 8.01. The molecule has 0 spiro atoms. The molecule has 33 heavy (non-hydrogen) atoms. The van der Waals surface area contributed by atoms with E-state index < -0.39 is 9.84 Å². The van der Waals surface area contributed by atoms with Gasteiger partial charge in [0.25, 0.3) is 0 Å². The number of fused-ring (bicyclic) bond motifs is 1. The maximum Gasteiger partial charge on any atom is 0.237 e. The molecule has 0 radical (unpaired) electrons. The van der Waals surface area contributed by atoms with Crippen molar-refractivity contribution in [1.82, 2.24) is 0 Å². The number of anilines is 3. The van der Waals surface area contributed by atoms with Crippen LogP contribution in [-0.2, 0) is 19.4 Å². The summed E-state index contributed by atoms with van der Waals surface area (Å²) < 4.78 is 25.6. The summed E-state index contributed by atoms with van der Waals surface area (Å²) in [6.07, 6.45) is 0.540. The van der Waals surface area contributed by atoms with Crippen LogP contribution in [0.3, 0.4) is 0 Å². The lowest BCUT2D eigenvalue weighted by atomic mass is 10.1. The molecule has 9 heteroatoms. The minimum atomic E-state index is -3.68. The van der Waals surface area contributed by atoms with E-state index in [1.165, 1.54) is 17.8 Å². The number of nitrogens with one attached hydrogen (secondary N) is 2. The first-order valence-electron chi connectivity index (χ1n) is 11.2. The molecule has 2 amide bonds. The van der Waals surface area contributed by atoms with Crippen LogP contribution in [0.2, 0.25) is 0 Å². The third-order valence-electron chi connectivity index (χ3n) is 5.71. The number of sulfone groups is 1. The average Bonchev–Trinajstić information content (AvgIpc) is 2.79. The Morgan fingerprint density at radius 3 is 2.48 bits per heavy atom. The summed E-state index contributed by atoms with van der Waals surface area (Å²) >= 11 is 1.44. The van der Waals surface area contributed by atoms with Crippen molar-refractivity contribution in [2.24, 2.45) is 0 Å². The molecule has 1 heterocycles. The number of carbonyl (C=O) groups excluding carboxylic acids is 2. The molecule has 0 saturated carbocycles. The van der Waals surface area contributed by atoms with E-state index in [-0.39, 0.29) is 34.1 Å². The van der Waals surface area contributed by atoms with Crippen LogP contribution < -0.4 is 15.5 Å². The number of nitrogens with zero attached hydrogens (tertiary/aromatic N) is 1. The Morgan fingerprint density at radius 1 is 1.12 bits per heavy atom. The molecule has 1 aliphatic rings. The molecule has 2 N–H and O–H groups in total. The molecule has 0 fully saturated rings. The van der Waals surface area contributed by atoms with Gasteiger partial charge in [0.05, 0.1) is 21.6 Å². The van der Waals surface area contributed by atoms with E-state index in [1.54, 1.807) is 12.1 Å². The lowest BCUT2D eigenvalue weighted by Crippen LogP contribution is -2.28. The Labute approximate surface area is 200 Å². The number of amides is 2. The van der Waals surface area contributed by atoms with E-state index in [2.05, 4.69) is 29.4 Å². The van der Waals surface area contributed by atoms with Crippen LogP contribution in [-0.4, -0.2) is 44.3 Å². The van der Waals surface area contributed by atoms with Gasteiger partial charge in [-0.15, -0.1) is 11.8 Å². The van der Waals surface area contributed by atoms with Crippen LogP contribution in [0.4, 0.5) is 17.1 Å². The molecular formula is C24H31N3O4S2. The fourth-order valence-corrected chi connectivity index (χ4v) is 6.01. The van der Waals surface area contributed by atoms with Crippen LogP contribution in [0, 0.1) is 6.92 Å². The Bertz CT molecular complexity index is 1140. The molecule has 2 aromatic rings. The number of rotatable bonds is 9. The first-order chi connectivity index (χ1) is 15.7. The predicted octanol–water partition coefficient (Wildman–Crippen LogP) is 4.47. The summed E-state index contributed by atoms with van der Waals surface area (Å²) in [5.41, 5.74) is 3.18. The number of aryl methyl sites for hydroxylation is 1. The molecule has 0 bridgehead atoms. The molecule has 7 nitrogen and oxygen atoms in total. The first kappa shape index (κ1) is 25.1. The van der Waals surface area contributed by atoms with Crippen molar-refractivity contribution >= 4 is 50.5 Å². The SMILES string of the molecule is CC[C@@H]1Sc2ccc(S(=O)(=O)CCC(=O)Nc3ccc(N(CC)CC)cc3C)cc2NC1=O. The minimum absolute atomic E-state index is 0.102. The van der Waals surface area contributed by atoms with Crippen molar-refractivity contribution in [2.45, 2.75) is 55.6 Å². The van der Waals surface area contributed by atoms with Gasteiger partial charge in [-0.2, -0.15) is 0 Å². The predicted molar refractivity (Wildman–Crippen MR) is 135 cm³/mol. The Hall–Kier alpha value is -2.52. The quantitative estimate of drug-likeness (QED) is 0.540. The summed E-state index contributed by atoms with van der Waals surface area (Å²) in [5.74, 6) is -0.788. The van der Waals surface area contributed by atoms with Crippen LogP contribution in [0.25, 0.3) is 0 Å². The van der Waals surface area contributed by atoms with Gasteiger partial charge in [0, 0.05) is 35.8 Å². The number of hydrogen-bond acceptors (Lipinski definition) is 6. The number of thioether (sulfide) groups is 1. The Kier molecular flexibility index (Phi) is 8.07. The van der Waals surface area contributed by atoms with Crippen molar-refractivity contribution in [3.63, 3.8) is 0 Å². The number of hydrogen-bond donors (Lipinski definition) is 2. The molecule has 1 aliphatic heterocycles. The molecule has 0 aliphatic carbocycles. The van der Waals surface area contributed by atoms with Gasteiger partial charge in [0.15, 0.2) is 9.84 Å². The highest BCUT2D eigenvalue weighted by Crippen LogP contribution is 2.38. The van der Waals surface area contributed by atoms with E-state index in [1.807, 2.05) is 32.0 Å². The van der Waals surface area contributed by atoms with Crippen molar-refractivity contribution < 1.29 is 18.0 Å². The summed E-state index contributed by atoms with van der Waals surface area (Å²) in [6, 6.07) is 10.6. The number of benzene rings is 2. The van der Waals surface area contributed by atoms with Gasteiger partial charge in [-0.25, -0.2) is 8.42 Å². The van der Waals surface area contributed by atoms with Gasteiger partial charge >= 0.3 is 0 Å². The zero-order valence-electron chi connectivity index (χ0n) is 19.5. The van der Waals surface area contributed by atoms with E-state index in [4.69, 9.17) is 0 Å². The summed E-state index contributed by atoms with van der Waals surface area (Å²) in [5, 5.41) is 5.44. The molecule has 3 rings (SSSR count). The molecule has 0 aromatic heterocycles. The highest BCUT2D eigenvalue weighted by atomic mass is 32.2. The van der Waals surface area contributed by atoms with Crippen molar-refractivity contribution in [3.05, 3.63) is 42.0 Å². The second-order valence-corrected chi connectivity index (χ2v) is 11.3. The summed E-state index contributed by atoms with van der Waals surface area (Å²) in [7, 11) is -3.68. The first-order valence-corrected chi connectivity index (χ1v) is 13.7. The maximum absolute atomic E-state index is 12.8. The minimum Gasteiger partial charge on any atom is -0.372 e. The second-order valence-electron chi connectivity index (χ2n) is 7.95. The summed E-state index contributed by atoms with van der Waals surface area (Å²) in [4.78, 5) is 27.8. The van der Waals surface area contributed by atoms with Crippen LogP contribution in [0.5, 0.6) is 0 Å². The average molecular weight is 490 g/mol. The lowest BCUT2D eigenvalue weighted by molar-refractivity contribution is -0.116. The zero-order chi connectivity index (χ0) is 24.2. The van der Waals surface area contributed by atoms with Crippen LogP contribution in [0.1, 0.15) is 39.2 Å². The van der Waals surface area contributed by atoms with Crippen molar-refractivity contribution in [2.75, 3.05) is 34.4 Å². The van der Waals surface area contributed by atoms with E-state index in [9.17, 15) is 18.0 Å². The fourth-order valence-electron chi connectivity index (χ4n) is 3.72. The molecular weight excluding hydrogens is 458 g/mol. The van der Waals surface area contributed by atoms with Gasteiger partial charge in [-0.3, -0.25) is 9.59 Å². The Balaban J connectivity index is 1.64. The van der Waals surface area contributed by atoms with Gasteiger partial charge < -0.3 is 15.5 Å². The third-order valence-corrected chi connectivity index (χ3v) is 8.87. The van der Waals surface area contributed by atoms with Crippen molar-refractivity contribution in [3.8, 4) is 0 Å². The molecule has 0 unspecified atom stereocenters. The standard InChI is InChI=1S/C24H31N3O4S2/c1-5-21-24(29)26-20-15-18(9-11-22(20)32-21)33(30,31)13-12-23(28)25-19-10-8-17(14-16(19)4)27(6-2)7-3/h8-11,14-15,21H,5-7,12-13H2,1-4H3,(H,25,28)(H,26,29)/t21-/m0/s1. The molecule has 178 valence electrons. The monoisotopic (exact) mass is 489 g/mol. The van der Waals surface area contributed by atoms with Crippen LogP contribution >= 0.6 is 11.8 Å². The molecule has 2 aromatic carbocycles.